The SMILES string of the molecule is Cc1nnc2c(C3CC(N(N)c4cc(-c5cc6ccccc6n5Cc5ccccc5)nn5c(C)nnc45)CCN3C3CCN(C)CC3)cc(-c3cc4ccccc4n3Cc3ccccc3)nn12. The molecule has 10 aromatic rings. The van der Waals surface area contributed by atoms with E-state index < -0.39 is 0 Å². The molecule has 2 N–H and O–H groups in total. The van der Waals surface area contributed by atoms with Crippen molar-refractivity contribution in [1.82, 2.24) is 58.6 Å². The van der Waals surface area contributed by atoms with E-state index in [1.165, 1.54) is 22.0 Å². The van der Waals surface area contributed by atoms with E-state index in [1.54, 1.807) is 0 Å². The number of aromatic nitrogens is 10. The van der Waals surface area contributed by atoms with Crippen LogP contribution in [0.5, 0.6) is 0 Å². The van der Waals surface area contributed by atoms with E-state index in [2.05, 4.69) is 170 Å². The Bertz CT molecular complexity index is 3400. The molecule has 2 atom stereocenters. The van der Waals surface area contributed by atoms with Crippen molar-refractivity contribution in [3.8, 4) is 22.8 Å². The molecule has 2 aliphatic rings. The molecule has 14 heteroatoms. The lowest BCUT2D eigenvalue weighted by molar-refractivity contribution is 0.0485. The minimum atomic E-state index is -0.0519. The smallest absolute Gasteiger partial charge is 0.202 e. The second kappa shape index (κ2) is 16.9. The van der Waals surface area contributed by atoms with Gasteiger partial charge in [0, 0.05) is 65.1 Å². The van der Waals surface area contributed by atoms with Crippen molar-refractivity contribution in [2.45, 2.75) is 70.7 Å². The highest BCUT2D eigenvalue weighted by Gasteiger charge is 2.39. The predicted molar refractivity (Wildman–Crippen MR) is 264 cm³/mol. The first-order chi connectivity index (χ1) is 32.8. The van der Waals surface area contributed by atoms with E-state index in [-0.39, 0.29) is 12.1 Å². The molecule has 0 amide bonds. The molecule has 336 valence electrons. The third-order valence-corrected chi connectivity index (χ3v) is 14.4. The van der Waals surface area contributed by atoms with Gasteiger partial charge >= 0.3 is 0 Å². The molecule has 4 aromatic carbocycles. The van der Waals surface area contributed by atoms with E-state index in [1.807, 2.05) is 27.9 Å². The van der Waals surface area contributed by atoms with Gasteiger partial charge in [-0.05, 0) is 107 Å². The van der Waals surface area contributed by atoms with Crippen LogP contribution in [0.25, 0.3) is 55.9 Å². The Labute approximate surface area is 388 Å². The summed E-state index contributed by atoms with van der Waals surface area (Å²) in [5, 5.41) is 33.5. The number of piperidine rings is 2. The largest absolute Gasteiger partial charge is 0.335 e. The molecule has 6 aromatic heterocycles. The summed E-state index contributed by atoms with van der Waals surface area (Å²) in [4.78, 5) is 5.19. The molecular formula is C53H54N14. The fourth-order valence-electron chi connectivity index (χ4n) is 10.9. The molecule has 8 heterocycles. The Hall–Kier alpha value is -7.26. The van der Waals surface area contributed by atoms with Crippen molar-refractivity contribution in [1.29, 1.82) is 0 Å². The molecular weight excluding hydrogens is 833 g/mol. The number of nitrogens with two attached hydrogens (primary N) is 1. The summed E-state index contributed by atoms with van der Waals surface area (Å²) in [5.41, 5.74) is 11.8. The first kappa shape index (κ1) is 41.2. The minimum Gasteiger partial charge on any atom is -0.335 e. The summed E-state index contributed by atoms with van der Waals surface area (Å²) in [6, 6.07) is 47.7. The van der Waals surface area contributed by atoms with Gasteiger partial charge in [-0.15, -0.1) is 20.4 Å². The number of anilines is 1. The van der Waals surface area contributed by atoms with E-state index in [0.717, 1.165) is 102 Å². The molecule has 0 saturated carbocycles. The van der Waals surface area contributed by atoms with Crippen LogP contribution in [0.3, 0.4) is 0 Å². The van der Waals surface area contributed by atoms with Gasteiger partial charge < -0.3 is 19.0 Å². The molecule has 0 aliphatic carbocycles. The van der Waals surface area contributed by atoms with Gasteiger partial charge in [0.2, 0.25) is 5.65 Å². The molecule has 2 unspecified atom stereocenters. The zero-order chi connectivity index (χ0) is 45.2. The molecule has 0 spiro atoms. The van der Waals surface area contributed by atoms with Crippen LogP contribution in [0.1, 0.15) is 60.1 Å². The molecule has 0 bridgehead atoms. The molecule has 2 aliphatic heterocycles. The van der Waals surface area contributed by atoms with E-state index >= 15 is 0 Å². The van der Waals surface area contributed by atoms with Gasteiger partial charge in [0.1, 0.15) is 17.1 Å². The minimum absolute atomic E-state index is 0.0247. The topological polar surface area (TPSA) is 132 Å². The van der Waals surface area contributed by atoms with Gasteiger partial charge in [0.05, 0.1) is 11.4 Å². The zero-order valence-electron chi connectivity index (χ0n) is 38.2. The maximum atomic E-state index is 7.53. The maximum Gasteiger partial charge on any atom is 0.202 e. The van der Waals surface area contributed by atoms with Gasteiger partial charge in [0.25, 0.3) is 0 Å². The Balaban J connectivity index is 0.973. The first-order valence-electron chi connectivity index (χ1n) is 23.5. The number of likely N-dealkylation sites (tertiary alicyclic amines) is 2. The number of hydrazine groups is 1. The summed E-state index contributed by atoms with van der Waals surface area (Å²) in [7, 11) is 2.23. The Morgan fingerprint density at radius 2 is 1.10 bits per heavy atom. The van der Waals surface area contributed by atoms with Crippen LogP contribution in [0.4, 0.5) is 5.69 Å². The number of hydrogen-bond donors (Lipinski definition) is 1. The van der Waals surface area contributed by atoms with Crippen LogP contribution in [0.2, 0.25) is 0 Å². The predicted octanol–water partition coefficient (Wildman–Crippen LogP) is 8.50. The summed E-state index contributed by atoms with van der Waals surface area (Å²) in [5.74, 6) is 8.98. The van der Waals surface area contributed by atoms with Crippen molar-refractivity contribution in [3.63, 3.8) is 0 Å². The van der Waals surface area contributed by atoms with Crippen LogP contribution in [-0.4, -0.2) is 97.3 Å². The highest BCUT2D eigenvalue weighted by molar-refractivity contribution is 5.88. The Morgan fingerprint density at radius 3 is 1.70 bits per heavy atom. The summed E-state index contributed by atoms with van der Waals surface area (Å²) >= 11 is 0. The van der Waals surface area contributed by atoms with Crippen LogP contribution >= 0.6 is 0 Å². The maximum absolute atomic E-state index is 7.53. The molecule has 14 nitrogen and oxygen atoms in total. The lowest BCUT2D eigenvalue weighted by atomic mass is 9.88. The third-order valence-electron chi connectivity index (χ3n) is 14.4. The average molecular weight is 887 g/mol. The number of rotatable bonds is 10. The van der Waals surface area contributed by atoms with E-state index in [0.29, 0.717) is 30.6 Å². The number of aryl methyl sites for hydroxylation is 2. The van der Waals surface area contributed by atoms with E-state index in [4.69, 9.17) is 26.2 Å². The fraction of sp³-hybridized carbons (Fsp3) is 0.283. The van der Waals surface area contributed by atoms with Crippen molar-refractivity contribution in [3.05, 3.63) is 162 Å². The lowest BCUT2D eigenvalue weighted by Crippen LogP contribution is -2.54. The quantitative estimate of drug-likeness (QED) is 0.105. The van der Waals surface area contributed by atoms with Crippen LogP contribution in [-0.2, 0) is 13.1 Å². The van der Waals surface area contributed by atoms with Crippen molar-refractivity contribution < 1.29 is 0 Å². The second-order valence-corrected chi connectivity index (χ2v) is 18.6. The molecule has 12 rings (SSSR count). The van der Waals surface area contributed by atoms with E-state index in [9.17, 15) is 0 Å². The standard InChI is InChI=1S/C53H54N14/c1-35-55-57-52-43(31-44(59-66(35)52)49-28-39-18-10-12-20-46(39)63(49)33-37-14-6-4-7-15-37)48-30-42(24-27-62(48)41-22-25-61(3)26-23-41)65(54)51-32-45(60-67-36(2)56-58-53(51)67)50-29-40-19-11-13-21-47(40)64(50)34-38-16-8-5-9-17-38/h4-21,28-29,31-32,41-42,48H,22-27,30,33-34,54H2,1-3H3. The second-order valence-electron chi connectivity index (χ2n) is 18.6. The number of para-hydroxylation sites is 2. The molecule has 0 radical (unpaired) electrons. The van der Waals surface area contributed by atoms with Crippen molar-refractivity contribution in [2.24, 2.45) is 5.84 Å². The van der Waals surface area contributed by atoms with Gasteiger partial charge in [-0.3, -0.25) is 4.90 Å². The first-order valence-corrected chi connectivity index (χ1v) is 23.5. The molecule has 67 heavy (non-hydrogen) atoms. The number of nitrogens with zero attached hydrogens (tertiary/aromatic N) is 13. The van der Waals surface area contributed by atoms with Gasteiger partial charge in [-0.1, -0.05) is 97.1 Å². The molecule has 2 saturated heterocycles. The highest BCUT2D eigenvalue weighted by Crippen LogP contribution is 2.41. The van der Waals surface area contributed by atoms with Crippen molar-refractivity contribution >= 4 is 38.8 Å². The Morgan fingerprint density at radius 1 is 0.582 bits per heavy atom. The van der Waals surface area contributed by atoms with Gasteiger partial charge in [-0.2, -0.15) is 19.2 Å². The summed E-state index contributed by atoms with van der Waals surface area (Å²) in [6.07, 6.45) is 3.82. The van der Waals surface area contributed by atoms with Crippen LogP contribution in [0, 0.1) is 13.8 Å². The van der Waals surface area contributed by atoms with Crippen LogP contribution in [0.15, 0.2) is 133 Å². The van der Waals surface area contributed by atoms with Gasteiger partial charge in [-0.25, -0.2) is 5.84 Å². The Kier molecular flexibility index (Phi) is 10.4. The normalized spacial score (nSPS) is 17.7. The van der Waals surface area contributed by atoms with Gasteiger partial charge in [0.15, 0.2) is 17.3 Å². The number of benzene rings is 4. The summed E-state index contributed by atoms with van der Waals surface area (Å²) < 4.78 is 8.56. The monoisotopic (exact) mass is 886 g/mol. The van der Waals surface area contributed by atoms with Crippen molar-refractivity contribution in [2.75, 3.05) is 31.7 Å². The lowest BCUT2D eigenvalue weighted by Gasteiger charge is -2.48. The molecule has 2 fully saturated rings. The zero-order valence-corrected chi connectivity index (χ0v) is 38.2. The number of hydrogen-bond acceptors (Lipinski definition) is 10. The third kappa shape index (κ3) is 7.41. The summed E-state index contributed by atoms with van der Waals surface area (Å²) in [6.45, 7) is 8.34. The highest BCUT2D eigenvalue weighted by atomic mass is 15.5. The fourth-order valence-corrected chi connectivity index (χ4v) is 10.9. The average Bonchev–Trinajstić information content (AvgIpc) is 4.14. The number of fused-ring (bicyclic) bond motifs is 4. The van der Waals surface area contributed by atoms with Crippen LogP contribution < -0.4 is 10.9 Å².